The van der Waals surface area contributed by atoms with Gasteiger partial charge in [-0.3, -0.25) is 4.99 Å². The number of esters is 1. The Balaban J connectivity index is 0.00000312. The topological polar surface area (TPSA) is 63.2 Å². The number of benzene rings is 1. The lowest BCUT2D eigenvalue weighted by Gasteiger charge is -2.21. The summed E-state index contributed by atoms with van der Waals surface area (Å²) in [6.45, 7) is 3.61. The van der Waals surface area contributed by atoms with Crippen LogP contribution in [0.5, 0.6) is 0 Å². The Kier molecular flexibility index (Phi) is 9.81. The number of hydrogen-bond donors (Lipinski definition) is 1. The fourth-order valence-corrected chi connectivity index (χ4v) is 2.97. The molecule has 0 aromatic heterocycles. The van der Waals surface area contributed by atoms with Crippen LogP contribution in [0.3, 0.4) is 0 Å². The second kappa shape index (κ2) is 11.3. The molecule has 1 aliphatic rings. The molecule has 0 aliphatic carbocycles. The first-order chi connectivity index (χ1) is 11.7. The van der Waals surface area contributed by atoms with Crippen molar-refractivity contribution in [2.45, 2.75) is 12.8 Å². The monoisotopic (exact) mass is 461 g/mol. The summed E-state index contributed by atoms with van der Waals surface area (Å²) < 4.78 is 9.95. The minimum absolute atomic E-state index is 0. The normalized spacial score (nSPS) is 17.2. The molecule has 1 aliphatic heterocycles. The molecule has 1 aromatic rings. The maximum absolute atomic E-state index is 11.4. The number of methoxy groups -OCH3 is 2. The van der Waals surface area contributed by atoms with Crippen LogP contribution in [0.25, 0.3) is 0 Å². The van der Waals surface area contributed by atoms with Gasteiger partial charge < -0.3 is 19.7 Å². The lowest BCUT2D eigenvalue weighted by atomic mass is 10.1. The summed E-state index contributed by atoms with van der Waals surface area (Å²) in [4.78, 5) is 18.1. The maximum atomic E-state index is 11.4. The van der Waals surface area contributed by atoms with Crippen LogP contribution < -0.4 is 5.32 Å². The Morgan fingerprint density at radius 3 is 2.64 bits per heavy atom. The van der Waals surface area contributed by atoms with Crippen LogP contribution in [0.1, 0.15) is 22.3 Å². The van der Waals surface area contributed by atoms with Gasteiger partial charge in [0.15, 0.2) is 5.96 Å². The molecule has 7 heteroatoms. The maximum Gasteiger partial charge on any atom is 0.337 e. The van der Waals surface area contributed by atoms with Crippen LogP contribution in [0.4, 0.5) is 0 Å². The standard InChI is InChI=1S/C18H27N3O3.HI/c1-19-18(21-11-9-15(12-21)13-23-2)20-10-8-14-4-6-16(7-5-14)17(22)24-3;/h4-7,15H,8-13H2,1-3H3,(H,19,20);1H. The minimum Gasteiger partial charge on any atom is -0.465 e. The van der Waals surface area contributed by atoms with E-state index < -0.39 is 0 Å². The second-order valence-electron chi connectivity index (χ2n) is 5.97. The van der Waals surface area contributed by atoms with E-state index in [-0.39, 0.29) is 29.9 Å². The third-order valence-electron chi connectivity index (χ3n) is 4.27. The highest BCUT2D eigenvalue weighted by molar-refractivity contribution is 14.0. The fourth-order valence-electron chi connectivity index (χ4n) is 2.97. The van der Waals surface area contributed by atoms with Gasteiger partial charge in [0.25, 0.3) is 0 Å². The summed E-state index contributed by atoms with van der Waals surface area (Å²) in [7, 11) is 4.96. The van der Waals surface area contributed by atoms with Crippen LogP contribution in [-0.2, 0) is 15.9 Å². The van der Waals surface area contributed by atoms with E-state index in [2.05, 4.69) is 15.2 Å². The Bertz CT molecular complexity index is 563. The number of halogens is 1. The molecule has 0 amide bonds. The molecule has 2 rings (SSSR count). The number of carbonyl (C=O) groups excluding carboxylic acids is 1. The average Bonchev–Trinajstić information content (AvgIpc) is 3.07. The highest BCUT2D eigenvalue weighted by Gasteiger charge is 2.24. The summed E-state index contributed by atoms with van der Waals surface area (Å²) >= 11 is 0. The van der Waals surface area contributed by atoms with Gasteiger partial charge in [0, 0.05) is 39.7 Å². The number of rotatable bonds is 6. The van der Waals surface area contributed by atoms with Gasteiger partial charge in [-0.1, -0.05) is 12.1 Å². The van der Waals surface area contributed by atoms with E-state index in [4.69, 9.17) is 9.47 Å². The molecule has 1 atom stereocenters. The first kappa shape index (κ1) is 21.7. The van der Waals surface area contributed by atoms with Crippen molar-refractivity contribution in [2.75, 3.05) is 47.5 Å². The zero-order valence-electron chi connectivity index (χ0n) is 15.2. The second-order valence-corrected chi connectivity index (χ2v) is 5.97. The number of guanidine groups is 1. The summed E-state index contributed by atoms with van der Waals surface area (Å²) in [5, 5.41) is 3.41. The first-order valence-electron chi connectivity index (χ1n) is 8.29. The predicted octanol–water partition coefficient (Wildman–Crippen LogP) is 2.18. The average molecular weight is 461 g/mol. The molecular weight excluding hydrogens is 433 g/mol. The summed E-state index contributed by atoms with van der Waals surface area (Å²) in [6.07, 6.45) is 2.01. The first-order valence-corrected chi connectivity index (χ1v) is 8.29. The Morgan fingerprint density at radius 1 is 1.32 bits per heavy atom. The van der Waals surface area contributed by atoms with E-state index in [0.717, 1.165) is 45.0 Å². The molecule has 0 bridgehead atoms. The van der Waals surface area contributed by atoms with Gasteiger partial charge >= 0.3 is 5.97 Å². The molecule has 1 N–H and O–H groups in total. The van der Waals surface area contributed by atoms with Crippen molar-refractivity contribution in [3.63, 3.8) is 0 Å². The third kappa shape index (κ3) is 6.47. The molecule has 25 heavy (non-hydrogen) atoms. The van der Waals surface area contributed by atoms with Crippen molar-refractivity contribution in [2.24, 2.45) is 10.9 Å². The zero-order valence-corrected chi connectivity index (χ0v) is 17.5. The van der Waals surface area contributed by atoms with Gasteiger partial charge in [-0.15, -0.1) is 24.0 Å². The molecule has 6 nitrogen and oxygen atoms in total. The van der Waals surface area contributed by atoms with Crippen molar-refractivity contribution in [1.29, 1.82) is 0 Å². The molecule has 1 saturated heterocycles. The number of nitrogens with one attached hydrogen (secondary N) is 1. The van der Waals surface area contributed by atoms with Crippen molar-refractivity contribution in [3.05, 3.63) is 35.4 Å². The quantitative estimate of drug-likeness (QED) is 0.305. The largest absolute Gasteiger partial charge is 0.465 e. The number of likely N-dealkylation sites (tertiary alicyclic amines) is 1. The summed E-state index contributed by atoms with van der Waals surface area (Å²) in [5.41, 5.74) is 1.75. The lowest BCUT2D eigenvalue weighted by molar-refractivity contribution is 0.0600. The summed E-state index contributed by atoms with van der Waals surface area (Å²) in [5.74, 6) is 1.22. The van der Waals surface area contributed by atoms with Gasteiger partial charge in [-0.25, -0.2) is 4.79 Å². The van der Waals surface area contributed by atoms with Crippen molar-refractivity contribution in [3.8, 4) is 0 Å². The van der Waals surface area contributed by atoms with E-state index in [0.29, 0.717) is 11.5 Å². The Hall–Kier alpha value is -1.35. The number of aliphatic imine (C=N–C) groups is 1. The molecule has 1 fully saturated rings. The van der Waals surface area contributed by atoms with E-state index >= 15 is 0 Å². The van der Waals surface area contributed by atoms with E-state index in [1.165, 1.54) is 12.7 Å². The number of nitrogens with zero attached hydrogens (tertiary/aromatic N) is 2. The van der Waals surface area contributed by atoms with Crippen LogP contribution in [0.2, 0.25) is 0 Å². The van der Waals surface area contributed by atoms with Gasteiger partial charge in [-0.05, 0) is 30.5 Å². The van der Waals surface area contributed by atoms with Crippen LogP contribution in [0.15, 0.2) is 29.3 Å². The molecule has 0 saturated carbocycles. The molecule has 1 heterocycles. The van der Waals surface area contributed by atoms with Gasteiger partial charge in [-0.2, -0.15) is 0 Å². The Labute approximate surface area is 167 Å². The van der Waals surface area contributed by atoms with E-state index in [1.54, 1.807) is 19.2 Å². The van der Waals surface area contributed by atoms with Crippen LogP contribution in [-0.4, -0.2) is 64.3 Å². The van der Waals surface area contributed by atoms with Gasteiger partial charge in [0.2, 0.25) is 0 Å². The zero-order chi connectivity index (χ0) is 17.4. The molecule has 1 aromatic carbocycles. The van der Waals surface area contributed by atoms with Gasteiger partial charge in [0.1, 0.15) is 0 Å². The minimum atomic E-state index is -0.306. The molecule has 0 spiro atoms. The Morgan fingerprint density at radius 2 is 2.04 bits per heavy atom. The van der Waals surface area contributed by atoms with Crippen molar-refractivity contribution in [1.82, 2.24) is 10.2 Å². The number of ether oxygens (including phenoxy) is 2. The number of carbonyl (C=O) groups is 1. The van der Waals surface area contributed by atoms with Crippen LogP contribution in [0, 0.1) is 5.92 Å². The summed E-state index contributed by atoms with van der Waals surface area (Å²) in [6, 6.07) is 7.51. The molecule has 1 unspecified atom stereocenters. The number of hydrogen-bond acceptors (Lipinski definition) is 4. The molecule has 0 radical (unpaired) electrons. The van der Waals surface area contributed by atoms with Gasteiger partial charge in [0.05, 0.1) is 19.3 Å². The van der Waals surface area contributed by atoms with Crippen molar-refractivity contribution < 1.29 is 14.3 Å². The van der Waals surface area contributed by atoms with Crippen LogP contribution >= 0.6 is 24.0 Å². The highest BCUT2D eigenvalue weighted by Crippen LogP contribution is 2.16. The third-order valence-corrected chi connectivity index (χ3v) is 4.27. The highest BCUT2D eigenvalue weighted by atomic mass is 127. The lowest BCUT2D eigenvalue weighted by Crippen LogP contribution is -2.41. The smallest absolute Gasteiger partial charge is 0.337 e. The van der Waals surface area contributed by atoms with Crippen molar-refractivity contribution >= 4 is 35.9 Å². The SMILES string of the molecule is CN=C(NCCc1ccc(C(=O)OC)cc1)N1CCC(COC)C1.I. The predicted molar refractivity (Wildman–Crippen MR) is 110 cm³/mol. The molecule has 140 valence electrons. The molecular formula is C18H28IN3O3. The van der Waals surface area contributed by atoms with E-state index in [1.807, 2.05) is 19.2 Å². The van der Waals surface area contributed by atoms with E-state index in [9.17, 15) is 4.79 Å². The fraction of sp³-hybridized carbons (Fsp3) is 0.556.